The average Bonchev–Trinajstić information content (AvgIpc) is 3.19. The maximum atomic E-state index is 12.0. The van der Waals surface area contributed by atoms with E-state index in [2.05, 4.69) is 20.8 Å². The van der Waals surface area contributed by atoms with E-state index in [1.54, 1.807) is 0 Å². The van der Waals surface area contributed by atoms with Gasteiger partial charge in [-0.2, -0.15) is 0 Å². The molecule has 3 unspecified atom stereocenters. The van der Waals surface area contributed by atoms with Crippen LogP contribution in [0.25, 0.3) is 0 Å². The molecule has 0 aromatic heterocycles. The van der Waals surface area contributed by atoms with Gasteiger partial charge in [0, 0.05) is 12.3 Å². The zero-order valence-corrected chi connectivity index (χ0v) is 16.7. The molecule has 1 saturated heterocycles. The zero-order chi connectivity index (χ0) is 18.2. The number of carbonyl (C=O) groups is 1. The highest BCUT2D eigenvalue weighted by Gasteiger charge is 2.63. The number of ketones is 1. The predicted octanol–water partition coefficient (Wildman–Crippen LogP) is 4.90. The Morgan fingerprint density at radius 1 is 0.923 bits per heavy atom. The van der Waals surface area contributed by atoms with Crippen LogP contribution in [-0.2, 0) is 14.3 Å². The molecule has 3 nitrogen and oxygen atoms in total. The molecule has 0 spiro atoms. The number of ether oxygens (including phenoxy) is 2. The van der Waals surface area contributed by atoms with E-state index in [1.807, 2.05) is 6.08 Å². The largest absolute Gasteiger partial charge is 0.348 e. The molecule has 1 heterocycles. The van der Waals surface area contributed by atoms with Crippen molar-refractivity contribution in [3.63, 3.8) is 0 Å². The number of hydrogen-bond donors (Lipinski definition) is 0. The summed E-state index contributed by atoms with van der Waals surface area (Å²) in [5.41, 5.74) is 2.10. The minimum absolute atomic E-state index is 0.278. The van der Waals surface area contributed by atoms with Gasteiger partial charge >= 0.3 is 0 Å². The smallest absolute Gasteiger partial charge is 0.169 e. The van der Waals surface area contributed by atoms with Gasteiger partial charge in [-0.3, -0.25) is 4.79 Å². The molecule has 3 heteroatoms. The first-order valence-corrected chi connectivity index (χ1v) is 10.9. The third-order valence-corrected chi connectivity index (χ3v) is 9.46. The minimum Gasteiger partial charge on any atom is -0.348 e. The molecule has 144 valence electrons. The minimum atomic E-state index is -0.364. The maximum absolute atomic E-state index is 12.0. The summed E-state index contributed by atoms with van der Waals surface area (Å²) in [5, 5.41) is 0. The fourth-order valence-corrected chi connectivity index (χ4v) is 8.15. The Bertz CT molecular complexity index is 646. The molecule has 4 fully saturated rings. The van der Waals surface area contributed by atoms with Gasteiger partial charge in [0.25, 0.3) is 0 Å². The molecule has 1 aliphatic heterocycles. The van der Waals surface area contributed by atoms with Gasteiger partial charge in [-0.25, -0.2) is 0 Å². The third kappa shape index (κ3) is 2.22. The molecule has 0 N–H and O–H groups in total. The van der Waals surface area contributed by atoms with E-state index in [0.29, 0.717) is 17.1 Å². The number of hydrogen-bond acceptors (Lipinski definition) is 3. The molecule has 0 aromatic rings. The van der Waals surface area contributed by atoms with Crippen LogP contribution < -0.4 is 0 Å². The molecule has 26 heavy (non-hydrogen) atoms. The van der Waals surface area contributed by atoms with Gasteiger partial charge in [0.15, 0.2) is 11.6 Å². The summed E-state index contributed by atoms with van der Waals surface area (Å²) in [4.78, 5) is 12.0. The summed E-state index contributed by atoms with van der Waals surface area (Å²) >= 11 is 0. The van der Waals surface area contributed by atoms with E-state index < -0.39 is 0 Å². The number of carbonyl (C=O) groups excluding carboxylic acids is 1. The van der Waals surface area contributed by atoms with Crippen LogP contribution in [0.5, 0.6) is 0 Å². The first kappa shape index (κ1) is 17.4. The van der Waals surface area contributed by atoms with E-state index in [1.165, 1.54) is 37.7 Å². The quantitative estimate of drug-likeness (QED) is 0.669. The van der Waals surface area contributed by atoms with Gasteiger partial charge in [0.1, 0.15) is 0 Å². The molecule has 0 aromatic carbocycles. The maximum Gasteiger partial charge on any atom is 0.169 e. The summed E-state index contributed by atoms with van der Waals surface area (Å²) in [6.07, 6.45) is 11.5. The van der Waals surface area contributed by atoms with Crippen molar-refractivity contribution >= 4 is 5.78 Å². The predicted molar refractivity (Wildman–Crippen MR) is 101 cm³/mol. The van der Waals surface area contributed by atoms with Crippen molar-refractivity contribution in [1.82, 2.24) is 0 Å². The van der Waals surface area contributed by atoms with Crippen LogP contribution in [0.1, 0.15) is 72.1 Å². The lowest BCUT2D eigenvalue weighted by Crippen LogP contribution is -2.53. The number of fused-ring (bicyclic) bond motifs is 5. The van der Waals surface area contributed by atoms with Crippen molar-refractivity contribution < 1.29 is 14.3 Å². The summed E-state index contributed by atoms with van der Waals surface area (Å²) in [6.45, 7) is 8.71. The summed E-state index contributed by atoms with van der Waals surface area (Å²) in [5.74, 6) is 2.91. The van der Waals surface area contributed by atoms with Crippen molar-refractivity contribution in [3.05, 3.63) is 11.6 Å². The summed E-state index contributed by atoms with van der Waals surface area (Å²) in [7, 11) is 0. The van der Waals surface area contributed by atoms with Gasteiger partial charge in [0.2, 0.25) is 0 Å². The summed E-state index contributed by atoms with van der Waals surface area (Å²) < 4.78 is 12.2. The molecular weight excluding hydrogens is 324 g/mol. The van der Waals surface area contributed by atoms with Crippen LogP contribution >= 0.6 is 0 Å². The Morgan fingerprint density at radius 2 is 1.69 bits per heavy atom. The van der Waals surface area contributed by atoms with Gasteiger partial charge < -0.3 is 9.47 Å². The second-order valence-electron chi connectivity index (χ2n) is 10.4. The Kier molecular flexibility index (Phi) is 3.80. The Balaban J connectivity index is 1.45. The van der Waals surface area contributed by atoms with Crippen LogP contribution in [0.4, 0.5) is 0 Å². The molecule has 3 saturated carbocycles. The van der Waals surface area contributed by atoms with Crippen LogP contribution in [-0.4, -0.2) is 24.8 Å². The molecule has 5 rings (SSSR count). The topological polar surface area (TPSA) is 35.5 Å². The average molecular weight is 359 g/mol. The van der Waals surface area contributed by atoms with Crippen molar-refractivity contribution in [2.24, 2.45) is 34.5 Å². The third-order valence-electron chi connectivity index (χ3n) is 9.46. The molecule has 0 radical (unpaired) electrons. The second kappa shape index (κ2) is 5.67. The van der Waals surface area contributed by atoms with Crippen molar-refractivity contribution in [2.45, 2.75) is 77.9 Å². The number of rotatable bonds is 1. The van der Waals surface area contributed by atoms with E-state index in [9.17, 15) is 4.79 Å². The van der Waals surface area contributed by atoms with Crippen LogP contribution in [0.3, 0.4) is 0 Å². The number of allylic oxidation sites excluding steroid dienone is 1. The summed E-state index contributed by atoms with van der Waals surface area (Å²) in [6, 6.07) is 0. The molecule has 6 atom stereocenters. The molecule has 4 aliphatic carbocycles. The van der Waals surface area contributed by atoms with E-state index >= 15 is 0 Å². The highest BCUT2D eigenvalue weighted by atomic mass is 16.7. The molecule has 0 bridgehead atoms. The molecular formula is C23H34O3. The molecule has 5 aliphatic rings. The Labute approximate surface area is 157 Å². The van der Waals surface area contributed by atoms with Crippen LogP contribution in [0, 0.1) is 34.5 Å². The van der Waals surface area contributed by atoms with E-state index in [0.717, 1.165) is 50.2 Å². The zero-order valence-electron chi connectivity index (χ0n) is 16.7. The van der Waals surface area contributed by atoms with Crippen LogP contribution in [0.15, 0.2) is 11.6 Å². The van der Waals surface area contributed by atoms with E-state index in [4.69, 9.17) is 9.47 Å². The lowest BCUT2D eigenvalue weighted by Gasteiger charge is -2.58. The van der Waals surface area contributed by atoms with Gasteiger partial charge in [-0.05, 0) is 86.5 Å². The van der Waals surface area contributed by atoms with E-state index in [-0.39, 0.29) is 11.2 Å². The van der Waals surface area contributed by atoms with Gasteiger partial charge in [-0.1, -0.05) is 19.4 Å². The molecule has 0 amide bonds. The van der Waals surface area contributed by atoms with Crippen molar-refractivity contribution in [3.8, 4) is 0 Å². The monoisotopic (exact) mass is 358 g/mol. The fraction of sp³-hybridized carbons (Fsp3) is 0.870. The standard InChI is InChI=1S/C23H34O3/c1-21-10-8-16(24)14-15(21)4-5-17-18-6-7-20(23(3)25-12-13-26-23)22(18,2)11-9-19(17)21/h14,17-20H,4-13H2,1-3H3/t17?,18?,19?,20-,21-,22-/m0/s1. The highest BCUT2D eigenvalue weighted by Crippen LogP contribution is 2.68. The highest BCUT2D eigenvalue weighted by molar-refractivity contribution is 5.91. The van der Waals surface area contributed by atoms with Crippen molar-refractivity contribution in [2.75, 3.05) is 13.2 Å². The lowest BCUT2D eigenvalue weighted by molar-refractivity contribution is -0.214. The first-order chi connectivity index (χ1) is 12.4. The SMILES string of the molecule is CC1([C@H]2CCC3C4CCC5=CC(=O)CC[C@]5(C)C4CC[C@@]32C)OCCO1. The van der Waals surface area contributed by atoms with Gasteiger partial charge in [0.05, 0.1) is 13.2 Å². The van der Waals surface area contributed by atoms with Crippen molar-refractivity contribution in [1.29, 1.82) is 0 Å². The normalized spacial score (nSPS) is 50.0. The Morgan fingerprint density at radius 3 is 2.46 bits per heavy atom. The lowest BCUT2D eigenvalue weighted by atomic mass is 9.46. The Hall–Kier alpha value is -0.670. The van der Waals surface area contributed by atoms with Gasteiger partial charge in [-0.15, -0.1) is 0 Å². The first-order valence-electron chi connectivity index (χ1n) is 10.9. The second-order valence-corrected chi connectivity index (χ2v) is 10.4. The van der Waals surface area contributed by atoms with Crippen LogP contribution in [0.2, 0.25) is 0 Å². The fourth-order valence-electron chi connectivity index (χ4n) is 8.15.